The van der Waals surface area contributed by atoms with Crippen molar-refractivity contribution in [3.05, 3.63) is 0 Å². The van der Waals surface area contributed by atoms with Crippen LogP contribution in [0.15, 0.2) is 0 Å². The first-order valence-corrected chi connectivity index (χ1v) is 4.04. The van der Waals surface area contributed by atoms with Gasteiger partial charge in [-0.25, -0.2) is 4.79 Å². The van der Waals surface area contributed by atoms with Gasteiger partial charge in [0.05, 0.1) is 0 Å². The Morgan fingerprint density at radius 1 is 1.50 bits per heavy atom. The molecule has 1 aliphatic rings. The normalized spacial score (nSPS) is 31.8. The van der Waals surface area contributed by atoms with Crippen molar-refractivity contribution in [3.63, 3.8) is 0 Å². The second-order valence-electron chi connectivity index (χ2n) is 1.87. The maximum Gasteiger partial charge on any atom is 0.357 e. The van der Waals surface area contributed by atoms with E-state index in [2.05, 4.69) is 4.74 Å². The van der Waals surface area contributed by atoms with E-state index in [1.165, 1.54) is 0 Å². The van der Waals surface area contributed by atoms with Crippen LogP contribution in [0.3, 0.4) is 0 Å². The van der Waals surface area contributed by atoms with E-state index in [1.54, 1.807) is 0 Å². The van der Waals surface area contributed by atoms with E-state index >= 15 is 0 Å². The number of aliphatic carboxylic acids is 1. The van der Waals surface area contributed by atoms with Gasteiger partial charge in [-0.3, -0.25) is 4.57 Å². The van der Waals surface area contributed by atoms with Crippen molar-refractivity contribution < 1.29 is 29.0 Å². The molecule has 0 aromatic heterocycles. The van der Waals surface area contributed by atoms with Gasteiger partial charge in [-0.1, -0.05) is 0 Å². The number of epoxide rings is 1. The minimum absolute atomic E-state index is 1.32. The summed E-state index contributed by atoms with van der Waals surface area (Å²) < 4.78 is 14.4. The van der Waals surface area contributed by atoms with Crippen LogP contribution in [-0.2, 0) is 14.1 Å². The van der Waals surface area contributed by atoms with Crippen molar-refractivity contribution in [2.45, 2.75) is 11.9 Å². The smallest absolute Gasteiger partial charge is 0.357 e. The molecule has 3 N–H and O–H groups in total. The fourth-order valence-corrected chi connectivity index (χ4v) is 1.31. The van der Waals surface area contributed by atoms with Gasteiger partial charge < -0.3 is 19.6 Å². The van der Waals surface area contributed by atoms with Gasteiger partial charge in [0.25, 0.3) is 0 Å². The van der Waals surface area contributed by atoms with Crippen LogP contribution in [0.25, 0.3) is 0 Å². The Hall–Kier alpha value is -0.420. The van der Waals surface area contributed by atoms with Crippen LogP contribution in [-0.4, -0.2) is 32.8 Å². The van der Waals surface area contributed by atoms with Crippen molar-refractivity contribution in [2.75, 3.05) is 0 Å². The number of ether oxygens (including phenoxy) is 1. The second-order valence-corrected chi connectivity index (χ2v) is 3.56. The molecule has 0 aromatic rings. The molecule has 0 aromatic carbocycles. The lowest BCUT2D eigenvalue weighted by atomic mass is 10.5. The molecule has 0 amide bonds. The van der Waals surface area contributed by atoms with E-state index in [1.807, 2.05) is 0 Å². The molecule has 0 saturated carbocycles. The molecule has 1 fully saturated rings. The summed E-state index contributed by atoms with van der Waals surface area (Å²) in [4.78, 5) is 26.5. The van der Waals surface area contributed by atoms with E-state index in [-0.39, 0.29) is 0 Å². The summed E-state index contributed by atoms with van der Waals surface area (Å²) in [5, 5.41) is 8.12. The molecule has 0 radical (unpaired) electrons. The van der Waals surface area contributed by atoms with E-state index in [9.17, 15) is 9.36 Å². The highest BCUT2D eigenvalue weighted by atomic mass is 31.2. The minimum Gasteiger partial charge on any atom is -0.479 e. The molecule has 58 valence electrons. The molecule has 1 saturated heterocycles. The highest BCUT2D eigenvalue weighted by molar-refractivity contribution is 7.52. The molecule has 1 rings (SSSR count). The molecule has 0 bridgehead atoms. The minimum atomic E-state index is -4.34. The van der Waals surface area contributed by atoms with Crippen LogP contribution in [0.1, 0.15) is 0 Å². The monoisotopic (exact) mass is 168 g/mol. The SMILES string of the molecule is O=C(O)[C@@H]1O[C@H]1P(=O)(O)O. The van der Waals surface area contributed by atoms with E-state index in [0.29, 0.717) is 0 Å². The third kappa shape index (κ3) is 1.35. The number of rotatable bonds is 2. The molecule has 2 atom stereocenters. The summed E-state index contributed by atoms with van der Waals surface area (Å²) >= 11 is 0. The largest absolute Gasteiger partial charge is 0.479 e. The number of carboxylic acids is 1. The van der Waals surface area contributed by atoms with Gasteiger partial charge in [0, 0.05) is 0 Å². The lowest BCUT2D eigenvalue weighted by Gasteiger charge is -1.94. The van der Waals surface area contributed by atoms with Crippen LogP contribution >= 0.6 is 7.60 Å². The summed E-state index contributed by atoms with van der Waals surface area (Å²) in [5.74, 6) is -2.77. The third-order valence-corrected chi connectivity index (χ3v) is 2.10. The third-order valence-electron chi connectivity index (χ3n) is 1.04. The molecule has 7 heteroatoms. The van der Waals surface area contributed by atoms with Crippen LogP contribution in [0.4, 0.5) is 0 Å². The zero-order valence-electron chi connectivity index (χ0n) is 4.67. The molecule has 1 aliphatic heterocycles. The Bertz CT molecular complexity index is 205. The van der Waals surface area contributed by atoms with E-state index in [4.69, 9.17) is 14.9 Å². The summed E-state index contributed by atoms with van der Waals surface area (Å²) in [5.41, 5.74) is 0. The van der Waals surface area contributed by atoms with Crippen molar-refractivity contribution in [1.82, 2.24) is 0 Å². The van der Waals surface area contributed by atoms with Crippen LogP contribution in [0, 0.1) is 0 Å². The van der Waals surface area contributed by atoms with Crippen LogP contribution in [0.5, 0.6) is 0 Å². The van der Waals surface area contributed by atoms with Crippen LogP contribution in [0.2, 0.25) is 0 Å². The topological polar surface area (TPSA) is 107 Å². The van der Waals surface area contributed by atoms with Crippen LogP contribution < -0.4 is 0 Å². The Balaban J connectivity index is 2.55. The summed E-state index contributed by atoms with van der Waals surface area (Å²) in [6, 6.07) is 0. The highest BCUT2D eigenvalue weighted by Gasteiger charge is 2.56. The second kappa shape index (κ2) is 2.03. The Morgan fingerprint density at radius 2 is 2.00 bits per heavy atom. The average molecular weight is 168 g/mol. The fourth-order valence-electron chi connectivity index (χ4n) is 0.541. The quantitative estimate of drug-likeness (QED) is 0.359. The number of hydrogen-bond acceptors (Lipinski definition) is 3. The summed E-state index contributed by atoms with van der Waals surface area (Å²) in [6.45, 7) is 0. The van der Waals surface area contributed by atoms with Crippen molar-refractivity contribution >= 4 is 13.6 Å². The van der Waals surface area contributed by atoms with Gasteiger partial charge in [0.15, 0.2) is 11.9 Å². The Morgan fingerprint density at radius 3 is 2.10 bits per heavy atom. The lowest BCUT2D eigenvalue weighted by molar-refractivity contribution is -0.138. The van der Waals surface area contributed by atoms with Gasteiger partial charge in [-0.05, 0) is 0 Å². The molecule has 10 heavy (non-hydrogen) atoms. The summed E-state index contributed by atoms with van der Waals surface area (Å²) in [7, 11) is -4.34. The van der Waals surface area contributed by atoms with Gasteiger partial charge in [0.1, 0.15) is 0 Å². The zero-order chi connectivity index (χ0) is 7.94. The van der Waals surface area contributed by atoms with Crippen molar-refractivity contribution in [2.24, 2.45) is 0 Å². The molecule has 6 nitrogen and oxygen atoms in total. The standard InChI is InChI=1S/C3H5O6P/c4-2(5)1-3(9-1)10(6,7)8/h1,3H,(H,4,5)(H2,6,7,8)/t1-,3-/m0/s1. The van der Waals surface area contributed by atoms with Crippen molar-refractivity contribution in [3.8, 4) is 0 Å². The van der Waals surface area contributed by atoms with E-state index in [0.717, 1.165) is 0 Å². The molecule has 0 spiro atoms. The number of hydrogen-bond donors (Lipinski definition) is 3. The Labute approximate surface area is 55.6 Å². The summed E-state index contributed by atoms with van der Waals surface area (Å²) in [6.07, 6.45) is -1.32. The van der Waals surface area contributed by atoms with Crippen molar-refractivity contribution in [1.29, 1.82) is 0 Å². The first kappa shape index (κ1) is 7.68. The maximum atomic E-state index is 10.2. The van der Waals surface area contributed by atoms with Gasteiger partial charge in [-0.2, -0.15) is 0 Å². The van der Waals surface area contributed by atoms with Gasteiger partial charge >= 0.3 is 13.6 Å². The fraction of sp³-hybridized carbons (Fsp3) is 0.667. The average Bonchev–Trinajstić information content (AvgIpc) is 2.35. The predicted octanol–water partition coefficient (Wildman–Crippen LogP) is -1.03. The lowest BCUT2D eigenvalue weighted by Crippen LogP contribution is -2.07. The molecule has 0 aliphatic carbocycles. The maximum absolute atomic E-state index is 10.2. The number of carbonyl (C=O) groups is 1. The zero-order valence-corrected chi connectivity index (χ0v) is 5.56. The van der Waals surface area contributed by atoms with E-state index < -0.39 is 25.5 Å². The number of carboxylic acid groups (broad SMARTS) is 1. The van der Waals surface area contributed by atoms with Gasteiger partial charge in [-0.15, -0.1) is 0 Å². The molecule has 0 unspecified atom stereocenters. The van der Waals surface area contributed by atoms with Gasteiger partial charge in [0.2, 0.25) is 0 Å². The molecular formula is C3H5O6P. The first-order chi connectivity index (χ1) is 4.43. The first-order valence-electron chi connectivity index (χ1n) is 2.36. The predicted molar refractivity (Wildman–Crippen MR) is 28.3 cm³/mol. The Kier molecular flexibility index (Phi) is 1.56. The highest BCUT2D eigenvalue weighted by Crippen LogP contribution is 2.52. The molecular weight excluding hydrogens is 163 g/mol. The molecule has 1 heterocycles.